The Labute approximate surface area is 82.3 Å². The second-order valence-corrected chi connectivity index (χ2v) is 3.01. The third-order valence-corrected chi connectivity index (χ3v) is 2.01. The minimum atomic E-state index is -0.801. The summed E-state index contributed by atoms with van der Waals surface area (Å²) in [5.41, 5.74) is 5.98. The van der Waals surface area contributed by atoms with Gasteiger partial charge in [0.2, 0.25) is 0 Å². The number of carbonyl (C=O) groups excluding carboxylic acids is 1. The van der Waals surface area contributed by atoms with Gasteiger partial charge in [0.1, 0.15) is 11.5 Å². The van der Waals surface area contributed by atoms with Crippen molar-refractivity contribution in [2.75, 3.05) is 7.11 Å². The summed E-state index contributed by atoms with van der Waals surface area (Å²) in [5.74, 6) is 0.372. The Kier molecular flexibility index (Phi) is 3.09. The molecule has 0 saturated heterocycles. The van der Waals surface area contributed by atoms with E-state index in [1.54, 1.807) is 12.1 Å². The Bertz CT molecular complexity index is 349. The average Bonchev–Trinajstić information content (AvgIpc) is 2.17. The molecule has 76 valence electrons. The van der Waals surface area contributed by atoms with Crippen LogP contribution in [-0.2, 0) is 4.79 Å². The maximum absolute atomic E-state index is 11.0. The SMILES string of the molecule is COc1ccc(O)c(C(N)C(C)=O)c1. The summed E-state index contributed by atoms with van der Waals surface area (Å²) < 4.78 is 4.96. The molecule has 0 heterocycles. The Morgan fingerprint density at radius 3 is 2.71 bits per heavy atom. The molecular weight excluding hydrogens is 182 g/mol. The molecule has 0 radical (unpaired) electrons. The van der Waals surface area contributed by atoms with Crippen LogP contribution in [0.1, 0.15) is 18.5 Å². The maximum atomic E-state index is 11.0. The first-order valence-corrected chi connectivity index (χ1v) is 4.19. The van der Waals surface area contributed by atoms with E-state index in [4.69, 9.17) is 10.5 Å². The number of ketones is 1. The first-order valence-electron chi connectivity index (χ1n) is 4.19. The Morgan fingerprint density at radius 1 is 1.57 bits per heavy atom. The highest BCUT2D eigenvalue weighted by Gasteiger charge is 2.15. The predicted octanol–water partition coefficient (Wildman–Crippen LogP) is 0.990. The van der Waals surface area contributed by atoms with Crippen LogP contribution < -0.4 is 10.5 Å². The van der Waals surface area contributed by atoms with E-state index in [0.717, 1.165) is 0 Å². The zero-order valence-electron chi connectivity index (χ0n) is 8.15. The van der Waals surface area contributed by atoms with Crippen molar-refractivity contribution in [1.82, 2.24) is 0 Å². The summed E-state index contributed by atoms with van der Waals surface area (Å²) >= 11 is 0. The van der Waals surface area contributed by atoms with Gasteiger partial charge >= 0.3 is 0 Å². The molecule has 0 aliphatic rings. The number of methoxy groups -OCH3 is 1. The third-order valence-electron chi connectivity index (χ3n) is 2.01. The fourth-order valence-electron chi connectivity index (χ4n) is 1.13. The number of aromatic hydroxyl groups is 1. The molecule has 4 nitrogen and oxygen atoms in total. The quantitative estimate of drug-likeness (QED) is 0.754. The molecular formula is C10H13NO3. The molecule has 0 bridgehead atoms. The van der Waals surface area contributed by atoms with E-state index in [1.165, 1.54) is 20.1 Å². The molecule has 3 N–H and O–H groups in total. The molecule has 1 aromatic rings. The number of ether oxygens (including phenoxy) is 1. The third kappa shape index (κ3) is 2.03. The van der Waals surface area contributed by atoms with Crippen molar-refractivity contribution in [3.8, 4) is 11.5 Å². The topological polar surface area (TPSA) is 72.6 Å². The molecule has 1 aromatic carbocycles. The van der Waals surface area contributed by atoms with Gasteiger partial charge in [0.15, 0.2) is 5.78 Å². The summed E-state index contributed by atoms with van der Waals surface area (Å²) in [5, 5.41) is 9.46. The number of hydrogen-bond donors (Lipinski definition) is 2. The van der Waals surface area contributed by atoms with Crippen LogP contribution in [0.2, 0.25) is 0 Å². The van der Waals surface area contributed by atoms with Crippen LogP contribution in [0.15, 0.2) is 18.2 Å². The smallest absolute Gasteiger partial charge is 0.151 e. The summed E-state index contributed by atoms with van der Waals surface area (Å²) in [4.78, 5) is 11.0. The van der Waals surface area contributed by atoms with E-state index in [1.807, 2.05) is 0 Å². The average molecular weight is 195 g/mol. The van der Waals surface area contributed by atoms with Crippen LogP contribution >= 0.6 is 0 Å². The van der Waals surface area contributed by atoms with Gasteiger partial charge in [-0.2, -0.15) is 0 Å². The van der Waals surface area contributed by atoms with Crippen LogP contribution in [0.3, 0.4) is 0 Å². The normalized spacial score (nSPS) is 12.2. The van der Waals surface area contributed by atoms with Crippen molar-refractivity contribution in [1.29, 1.82) is 0 Å². The molecule has 1 rings (SSSR count). The van der Waals surface area contributed by atoms with Gasteiger partial charge in [-0.3, -0.25) is 4.79 Å². The van der Waals surface area contributed by atoms with Crippen LogP contribution in [-0.4, -0.2) is 18.0 Å². The largest absolute Gasteiger partial charge is 0.508 e. The van der Waals surface area contributed by atoms with Crippen molar-refractivity contribution >= 4 is 5.78 Å². The highest BCUT2D eigenvalue weighted by molar-refractivity contribution is 5.83. The van der Waals surface area contributed by atoms with Crippen LogP contribution in [0.5, 0.6) is 11.5 Å². The van der Waals surface area contributed by atoms with Crippen LogP contribution in [0.25, 0.3) is 0 Å². The van der Waals surface area contributed by atoms with E-state index in [9.17, 15) is 9.90 Å². The minimum absolute atomic E-state index is 0.00787. The number of carbonyl (C=O) groups is 1. The van der Waals surface area contributed by atoms with Gasteiger partial charge in [0.05, 0.1) is 13.2 Å². The van der Waals surface area contributed by atoms with E-state index >= 15 is 0 Å². The molecule has 1 unspecified atom stereocenters. The van der Waals surface area contributed by atoms with Crippen molar-refractivity contribution in [3.63, 3.8) is 0 Å². The summed E-state index contributed by atoms with van der Waals surface area (Å²) in [6, 6.07) is 3.81. The van der Waals surface area contributed by atoms with Gasteiger partial charge in [-0.1, -0.05) is 0 Å². The van der Waals surface area contributed by atoms with Crippen LogP contribution in [0.4, 0.5) is 0 Å². The zero-order valence-corrected chi connectivity index (χ0v) is 8.15. The second kappa shape index (κ2) is 4.11. The molecule has 0 aromatic heterocycles. The predicted molar refractivity (Wildman–Crippen MR) is 52.3 cm³/mol. The lowest BCUT2D eigenvalue weighted by molar-refractivity contribution is -0.118. The summed E-state index contributed by atoms with van der Waals surface area (Å²) in [7, 11) is 1.51. The van der Waals surface area contributed by atoms with Gasteiger partial charge in [-0.15, -0.1) is 0 Å². The maximum Gasteiger partial charge on any atom is 0.151 e. The molecule has 0 spiro atoms. The van der Waals surface area contributed by atoms with Crippen molar-refractivity contribution < 1.29 is 14.6 Å². The van der Waals surface area contributed by atoms with Gasteiger partial charge in [0, 0.05) is 5.56 Å². The Balaban J connectivity index is 3.11. The molecule has 0 aliphatic heterocycles. The highest BCUT2D eigenvalue weighted by Crippen LogP contribution is 2.27. The number of nitrogens with two attached hydrogens (primary N) is 1. The van der Waals surface area contributed by atoms with Crippen molar-refractivity contribution in [3.05, 3.63) is 23.8 Å². The summed E-state index contributed by atoms with van der Waals surface area (Å²) in [6.45, 7) is 1.38. The van der Waals surface area contributed by atoms with Crippen LogP contribution in [0, 0.1) is 0 Å². The fourth-order valence-corrected chi connectivity index (χ4v) is 1.13. The number of Topliss-reactive ketones (excluding diaryl/α,β-unsaturated/α-hetero) is 1. The molecule has 1 atom stereocenters. The van der Waals surface area contributed by atoms with E-state index in [2.05, 4.69) is 0 Å². The van der Waals surface area contributed by atoms with E-state index < -0.39 is 6.04 Å². The number of benzene rings is 1. The molecule has 0 saturated carbocycles. The Hall–Kier alpha value is -1.55. The van der Waals surface area contributed by atoms with Gasteiger partial charge < -0.3 is 15.6 Å². The Morgan fingerprint density at radius 2 is 2.21 bits per heavy atom. The van der Waals surface area contributed by atoms with Gasteiger partial charge in [-0.05, 0) is 25.1 Å². The fraction of sp³-hybridized carbons (Fsp3) is 0.300. The van der Waals surface area contributed by atoms with E-state index in [0.29, 0.717) is 11.3 Å². The van der Waals surface area contributed by atoms with Gasteiger partial charge in [0.25, 0.3) is 0 Å². The monoisotopic (exact) mass is 195 g/mol. The standard InChI is InChI=1S/C10H13NO3/c1-6(12)10(11)8-5-7(14-2)3-4-9(8)13/h3-5,10,13H,11H2,1-2H3. The number of hydrogen-bond acceptors (Lipinski definition) is 4. The zero-order chi connectivity index (χ0) is 10.7. The molecule has 0 amide bonds. The van der Waals surface area contributed by atoms with Crippen molar-refractivity contribution in [2.24, 2.45) is 5.73 Å². The van der Waals surface area contributed by atoms with Gasteiger partial charge in [-0.25, -0.2) is 0 Å². The van der Waals surface area contributed by atoms with Crippen molar-refractivity contribution in [2.45, 2.75) is 13.0 Å². The lowest BCUT2D eigenvalue weighted by Gasteiger charge is -2.11. The lowest BCUT2D eigenvalue weighted by Crippen LogP contribution is -2.18. The molecule has 14 heavy (non-hydrogen) atoms. The second-order valence-electron chi connectivity index (χ2n) is 3.01. The molecule has 4 heteroatoms. The number of phenolic OH excluding ortho intramolecular Hbond substituents is 1. The highest BCUT2D eigenvalue weighted by atomic mass is 16.5. The molecule has 0 fully saturated rings. The summed E-state index contributed by atoms with van der Waals surface area (Å²) in [6.07, 6.45) is 0. The minimum Gasteiger partial charge on any atom is -0.508 e. The lowest BCUT2D eigenvalue weighted by atomic mass is 10.0. The first-order chi connectivity index (χ1) is 6.56. The first kappa shape index (κ1) is 10.5. The van der Waals surface area contributed by atoms with E-state index in [-0.39, 0.29) is 11.5 Å². The molecule has 0 aliphatic carbocycles. The number of rotatable bonds is 3. The number of phenols is 1.